The summed E-state index contributed by atoms with van der Waals surface area (Å²) in [6.07, 6.45) is 2.59. The second-order valence-corrected chi connectivity index (χ2v) is 4.09. The van der Waals surface area contributed by atoms with Gasteiger partial charge in [0.15, 0.2) is 5.78 Å². The summed E-state index contributed by atoms with van der Waals surface area (Å²) in [5.74, 6) is -0.976. The number of rotatable bonds is 4. The fourth-order valence-corrected chi connectivity index (χ4v) is 2.25. The predicted molar refractivity (Wildman–Crippen MR) is 54.6 cm³/mol. The summed E-state index contributed by atoms with van der Waals surface area (Å²) >= 11 is 0. The van der Waals surface area contributed by atoms with Crippen molar-refractivity contribution in [2.75, 3.05) is 7.11 Å². The van der Waals surface area contributed by atoms with Gasteiger partial charge in [0.05, 0.1) is 5.92 Å². The summed E-state index contributed by atoms with van der Waals surface area (Å²) in [7, 11) is 1.54. The normalized spacial score (nSPS) is 31.2. The average molecular weight is 214 g/mol. The van der Waals surface area contributed by atoms with Gasteiger partial charge in [-0.05, 0) is 25.7 Å². The van der Waals surface area contributed by atoms with E-state index in [1.807, 2.05) is 6.92 Å². The standard InChI is InChI=1S/C11H18O4/c1-3-9(12)11(15-2)6-4-8(5-7-11)10(13)14/h8H,3-7H2,1-2H3,(H,13,14). The van der Waals surface area contributed by atoms with Gasteiger partial charge in [0, 0.05) is 13.5 Å². The quantitative estimate of drug-likeness (QED) is 0.772. The zero-order valence-corrected chi connectivity index (χ0v) is 9.28. The largest absolute Gasteiger partial charge is 0.481 e. The zero-order chi connectivity index (χ0) is 11.5. The lowest BCUT2D eigenvalue weighted by Gasteiger charge is -2.36. The maximum Gasteiger partial charge on any atom is 0.306 e. The number of carbonyl (C=O) groups excluding carboxylic acids is 1. The van der Waals surface area contributed by atoms with Gasteiger partial charge < -0.3 is 9.84 Å². The van der Waals surface area contributed by atoms with Crippen LogP contribution < -0.4 is 0 Å². The van der Waals surface area contributed by atoms with Crippen LogP contribution in [0.5, 0.6) is 0 Å². The molecule has 0 aromatic carbocycles. The van der Waals surface area contributed by atoms with Crippen LogP contribution in [-0.4, -0.2) is 29.6 Å². The van der Waals surface area contributed by atoms with Crippen LogP contribution in [0.1, 0.15) is 39.0 Å². The van der Waals surface area contributed by atoms with Crippen LogP contribution in [0.3, 0.4) is 0 Å². The molecule has 4 nitrogen and oxygen atoms in total. The van der Waals surface area contributed by atoms with Crippen LogP contribution in [0, 0.1) is 5.92 Å². The Kier molecular flexibility index (Phi) is 3.85. The van der Waals surface area contributed by atoms with Crippen molar-refractivity contribution in [3.8, 4) is 0 Å². The lowest BCUT2D eigenvalue weighted by atomic mass is 9.76. The van der Waals surface area contributed by atoms with E-state index in [9.17, 15) is 9.59 Å². The third kappa shape index (κ3) is 2.37. The number of carboxylic acid groups (broad SMARTS) is 1. The molecule has 1 saturated carbocycles. The van der Waals surface area contributed by atoms with Crippen molar-refractivity contribution in [1.29, 1.82) is 0 Å². The van der Waals surface area contributed by atoms with Crippen LogP contribution in [0.2, 0.25) is 0 Å². The molecule has 1 rings (SSSR count). The molecule has 86 valence electrons. The number of ketones is 1. The highest BCUT2D eigenvalue weighted by Gasteiger charge is 2.42. The first-order valence-electron chi connectivity index (χ1n) is 5.37. The molecule has 0 bridgehead atoms. The third-order valence-corrected chi connectivity index (χ3v) is 3.36. The zero-order valence-electron chi connectivity index (χ0n) is 9.28. The molecule has 0 atom stereocenters. The molecule has 0 aromatic heterocycles. The van der Waals surface area contributed by atoms with Gasteiger partial charge in [0.25, 0.3) is 0 Å². The minimum Gasteiger partial charge on any atom is -0.481 e. The highest BCUT2D eigenvalue weighted by Crippen LogP contribution is 2.36. The number of hydrogen-bond donors (Lipinski definition) is 1. The van der Waals surface area contributed by atoms with Crippen molar-refractivity contribution in [2.24, 2.45) is 5.92 Å². The minimum absolute atomic E-state index is 0.0915. The summed E-state index contributed by atoms with van der Waals surface area (Å²) in [5, 5.41) is 8.85. The maximum absolute atomic E-state index is 11.7. The van der Waals surface area contributed by atoms with Crippen molar-refractivity contribution in [3.05, 3.63) is 0 Å². The van der Waals surface area contributed by atoms with Crippen LogP contribution in [0.15, 0.2) is 0 Å². The van der Waals surface area contributed by atoms with E-state index in [4.69, 9.17) is 9.84 Å². The molecule has 0 saturated heterocycles. The summed E-state index contributed by atoms with van der Waals surface area (Å²) in [6, 6.07) is 0. The van der Waals surface area contributed by atoms with Gasteiger partial charge in [0.2, 0.25) is 0 Å². The molecule has 1 aliphatic carbocycles. The Hall–Kier alpha value is -0.900. The van der Waals surface area contributed by atoms with E-state index < -0.39 is 11.6 Å². The molecule has 0 heterocycles. The Morgan fingerprint density at radius 2 is 1.93 bits per heavy atom. The van der Waals surface area contributed by atoms with Gasteiger partial charge in [-0.15, -0.1) is 0 Å². The predicted octanol–water partition coefficient (Wildman–Crippen LogP) is 1.63. The van der Waals surface area contributed by atoms with E-state index in [0.29, 0.717) is 32.1 Å². The van der Waals surface area contributed by atoms with E-state index in [0.717, 1.165) is 0 Å². The summed E-state index contributed by atoms with van der Waals surface area (Å²) in [4.78, 5) is 22.5. The van der Waals surface area contributed by atoms with E-state index >= 15 is 0 Å². The van der Waals surface area contributed by atoms with Gasteiger partial charge in [-0.3, -0.25) is 9.59 Å². The smallest absolute Gasteiger partial charge is 0.306 e. The number of methoxy groups -OCH3 is 1. The van der Waals surface area contributed by atoms with Crippen molar-refractivity contribution in [2.45, 2.75) is 44.6 Å². The molecule has 1 N–H and O–H groups in total. The maximum atomic E-state index is 11.7. The average Bonchev–Trinajstić information content (AvgIpc) is 2.27. The molecule has 0 aromatic rings. The summed E-state index contributed by atoms with van der Waals surface area (Å²) in [5.41, 5.74) is -0.708. The number of ether oxygens (including phenoxy) is 1. The van der Waals surface area contributed by atoms with Crippen LogP contribution in [0.4, 0.5) is 0 Å². The summed E-state index contributed by atoms with van der Waals surface area (Å²) in [6.45, 7) is 1.81. The van der Waals surface area contributed by atoms with Crippen molar-refractivity contribution in [3.63, 3.8) is 0 Å². The van der Waals surface area contributed by atoms with Crippen molar-refractivity contribution in [1.82, 2.24) is 0 Å². The number of carbonyl (C=O) groups is 2. The van der Waals surface area contributed by atoms with Gasteiger partial charge in [0.1, 0.15) is 5.60 Å². The first kappa shape index (κ1) is 12.2. The third-order valence-electron chi connectivity index (χ3n) is 3.36. The topological polar surface area (TPSA) is 63.6 Å². The Bertz CT molecular complexity index is 251. The van der Waals surface area contributed by atoms with Gasteiger partial charge >= 0.3 is 5.97 Å². The fourth-order valence-electron chi connectivity index (χ4n) is 2.25. The van der Waals surface area contributed by atoms with Crippen LogP contribution in [0.25, 0.3) is 0 Å². The van der Waals surface area contributed by atoms with Crippen LogP contribution >= 0.6 is 0 Å². The highest BCUT2D eigenvalue weighted by atomic mass is 16.5. The Morgan fingerprint density at radius 3 is 2.27 bits per heavy atom. The number of carboxylic acids is 1. The molecule has 0 unspecified atom stereocenters. The minimum atomic E-state index is -0.761. The molecule has 0 radical (unpaired) electrons. The number of Topliss-reactive ketones (excluding diaryl/α,β-unsaturated/α-hetero) is 1. The lowest BCUT2D eigenvalue weighted by Crippen LogP contribution is -2.44. The van der Waals surface area contributed by atoms with Gasteiger partial charge in [-0.1, -0.05) is 6.92 Å². The highest BCUT2D eigenvalue weighted by molar-refractivity contribution is 5.87. The van der Waals surface area contributed by atoms with E-state index in [1.165, 1.54) is 7.11 Å². The molecule has 15 heavy (non-hydrogen) atoms. The molecule has 0 amide bonds. The number of aliphatic carboxylic acids is 1. The SMILES string of the molecule is CCC(=O)C1(OC)CCC(C(=O)O)CC1. The van der Waals surface area contributed by atoms with Crippen molar-refractivity contribution < 1.29 is 19.4 Å². The Morgan fingerprint density at radius 1 is 1.40 bits per heavy atom. The molecule has 0 aliphatic heterocycles. The van der Waals surface area contributed by atoms with E-state index in [2.05, 4.69) is 0 Å². The molecular weight excluding hydrogens is 196 g/mol. The number of hydrogen-bond acceptors (Lipinski definition) is 3. The lowest BCUT2D eigenvalue weighted by molar-refractivity contribution is -0.153. The Balaban J connectivity index is 2.66. The monoisotopic (exact) mass is 214 g/mol. The molecule has 4 heteroatoms. The molecular formula is C11H18O4. The van der Waals surface area contributed by atoms with Gasteiger partial charge in [-0.25, -0.2) is 0 Å². The molecule has 1 aliphatic rings. The molecule has 0 spiro atoms. The summed E-state index contributed by atoms with van der Waals surface area (Å²) < 4.78 is 5.32. The second kappa shape index (κ2) is 4.75. The first-order chi connectivity index (χ1) is 7.05. The Labute approximate surface area is 89.6 Å². The fraction of sp³-hybridized carbons (Fsp3) is 0.818. The van der Waals surface area contributed by atoms with E-state index in [-0.39, 0.29) is 11.7 Å². The van der Waals surface area contributed by atoms with Gasteiger partial charge in [-0.2, -0.15) is 0 Å². The van der Waals surface area contributed by atoms with Crippen LogP contribution in [-0.2, 0) is 14.3 Å². The van der Waals surface area contributed by atoms with E-state index in [1.54, 1.807) is 0 Å². The first-order valence-corrected chi connectivity index (χ1v) is 5.37. The van der Waals surface area contributed by atoms with Crippen molar-refractivity contribution >= 4 is 11.8 Å². The molecule has 1 fully saturated rings. The second-order valence-electron chi connectivity index (χ2n) is 4.09.